The molecule has 0 aliphatic carbocycles. The predicted molar refractivity (Wildman–Crippen MR) is 327 cm³/mol. The third kappa shape index (κ3) is 11.0. The fourth-order valence-electron chi connectivity index (χ4n) is 10.8. The van der Waals surface area contributed by atoms with Crippen molar-refractivity contribution in [3.8, 4) is 5.75 Å². The lowest BCUT2D eigenvalue weighted by Crippen LogP contribution is -2.71. The van der Waals surface area contributed by atoms with Crippen LogP contribution in [0.1, 0.15) is 56.3 Å². The third-order valence-corrected chi connectivity index (χ3v) is 17.0. The van der Waals surface area contributed by atoms with E-state index >= 15 is 9.59 Å². The van der Waals surface area contributed by atoms with Gasteiger partial charge in [0.15, 0.2) is 16.9 Å². The number of thiazole rings is 1. The molecule has 1 unspecified atom stereocenters. The van der Waals surface area contributed by atoms with Crippen LogP contribution in [0.5, 0.6) is 5.75 Å². The van der Waals surface area contributed by atoms with Gasteiger partial charge < -0.3 is 24.9 Å². The molecule has 0 bridgehead atoms. The van der Waals surface area contributed by atoms with Crippen molar-refractivity contribution >= 4 is 51.7 Å². The number of hydrogen-bond donors (Lipinski definition) is 2. The fraction of sp³-hybridized carbons (Fsp3) is 0.100. The highest BCUT2D eigenvalue weighted by Crippen LogP contribution is 2.45. The van der Waals surface area contributed by atoms with Crippen molar-refractivity contribution in [1.82, 2.24) is 15.2 Å². The average Bonchev–Trinajstić information content (AvgIpc) is 2.14. The molecular weight excluding hydrogens is 1090 g/mol. The number of nitrogens with zero attached hydrogens (tertiary/aromatic N) is 3. The van der Waals surface area contributed by atoms with Gasteiger partial charge in [-0.15, -0.1) is 23.1 Å². The summed E-state index contributed by atoms with van der Waals surface area (Å²) in [7, 11) is 0. The number of β-lactam (4-membered cyclic amide) rings is 1. The van der Waals surface area contributed by atoms with Crippen molar-refractivity contribution in [1.29, 1.82) is 0 Å². The number of ether oxygens (including phenoxy) is 2. The number of thioether (sulfide) groups is 1. The summed E-state index contributed by atoms with van der Waals surface area (Å²) >= 11 is 2.63. The van der Waals surface area contributed by atoms with E-state index in [-0.39, 0.29) is 35.2 Å². The molecule has 2 N–H and O–H groups in total. The Morgan fingerprint density at radius 3 is 1.56 bits per heavy atom. The first-order valence-electron chi connectivity index (χ1n) is 27.3. The number of anilines is 1. The first-order chi connectivity index (χ1) is 41.3. The van der Waals surface area contributed by atoms with Crippen LogP contribution in [-0.2, 0) is 35.1 Å². The van der Waals surface area contributed by atoms with E-state index in [0.717, 1.165) is 33.4 Å². The molecule has 14 heteroatoms. The number of oxime groups is 1. The van der Waals surface area contributed by atoms with Gasteiger partial charge in [0.1, 0.15) is 46.5 Å². The molecule has 10 aromatic rings. The van der Waals surface area contributed by atoms with Crippen molar-refractivity contribution in [3.05, 3.63) is 340 Å². The van der Waals surface area contributed by atoms with E-state index in [2.05, 4.69) is 47.0 Å². The summed E-state index contributed by atoms with van der Waals surface area (Å²) in [6.45, 7) is -0.157. The Balaban J connectivity index is 0.934. The Bertz CT molecular complexity index is 3730. The van der Waals surface area contributed by atoms with Crippen molar-refractivity contribution in [2.24, 2.45) is 5.16 Å². The number of aromatic nitrogens is 1. The largest absolute Gasteiger partial charge is 0.489 e. The zero-order valence-electron chi connectivity index (χ0n) is 45.1. The number of amides is 2. The maximum absolute atomic E-state index is 15.6. The number of carbonyl (C=O) groups is 3. The van der Waals surface area contributed by atoms with Crippen LogP contribution in [0.2, 0.25) is 0 Å². The minimum Gasteiger partial charge on any atom is -0.489 e. The molecule has 12 rings (SSSR count). The van der Waals surface area contributed by atoms with E-state index in [9.17, 15) is 9.18 Å². The number of rotatable bonds is 20. The van der Waals surface area contributed by atoms with Gasteiger partial charge in [-0.25, -0.2) is 14.2 Å². The molecule has 0 saturated carbocycles. The van der Waals surface area contributed by atoms with Crippen LogP contribution in [0.15, 0.2) is 289 Å². The van der Waals surface area contributed by atoms with Crippen LogP contribution in [0.4, 0.5) is 9.52 Å². The normalized spacial score (nSPS) is 15.1. The minimum absolute atomic E-state index is 0.0212. The van der Waals surface area contributed by atoms with Crippen LogP contribution in [0.25, 0.3) is 0 Å². The van der Waals surface area contributed by atoms with Crippen LogP contribution >= 0.6 is 23.1 Å². The number of fused-ring (bicyclic) bond motifs is 1. The number of halogens is 1. The van der Waals surface area contributed by atoms with E-state index in [0.29, 0.717) is 21.8 Å². The summed E-state index contributed by atoms with van der Waals surface area (Å²) in [5, 5.41) is 13.2. The van der Waals surface area contributed by atoms with Gasteiger partial charge in [0.25, 0.3) is 11.8 Å². The monoisotopic (exact) mass is 1140 g/mol. The Morgan fingerprint density at radius 1 is 0.619 bits per heavy atom. The van der Waals surface area contributed by atoms with Crippen LogP contribution in [-0.4, -0.2) is 57.2 Å². The molecule has 3 heterocycles. The topological polar surface area (TPSA) is 131 Å². The van der Waals surface area contributed by atoms with Crippen molar-refractivity contribution in [2.75, 3.05) is 17.7 Å². The summed E-state index contributed by atoms with van der Waals surface area (Å²) in [6, 6.07) is 82.6. The quantitative estimate of drug-likeness (QED) is 0.0252. The molecule has 1 aromatic heterocycles. The van der Waals surface area contributed by atoms with Crippen molar-refractivity contribution in [2.45, 2.75) is 28.7 Å². The molecular formula is C70H54FN5O6S2. The van der Waals surface area contributed by atoms with Gasteiger partial charge >= 0.3 is 5.97 Å². The second-order valence-electron chi connectivity index (χ2n) is 20.0. The second-order valence-corrected chi connectivity index (χ2v) is 22.0. The lowest BCUT2D eigenvalue weighted by atomic mass is 9.77. The molecule has 414 valence electrons. The van der Waals surface area contributed by atoms with Gasteiger partial charge in [-0.3, -0.25) is 14.5 Å². The van der Waals surface area contributed by atoms with E-state index < -0.39 is 52.3 Å². The fourth-order valence-corrected chi connectivity index (χ4v) is 12.9. The summed E-state index contributed by atoms with van der Waals surface area (Å²) in [5.74, 6) is -2.15. The number of nitrogens with one attached hydrogen (secondary N) is 2. The van der Waals surface area contributed by atoms with Crippen molar-refractivity contribution < 1.29 is 33.1 Å². The number of hydrogen-bond acceptors (Lipinski definition) is 11. The van der Waals surface area contributed by atoms with Gasteiger partial charge in [0, 0.05) is 39.5 Å². The summed E-state index contributed by atoms with van der Waals surface area (Å²) < 4.78 is 26.9. The summed E-state index contributed by atoms with van der Waals surface area (Å²) in [4.78, 5) is 59.1. The molecule has 0 radical (unpaired) electrons. The van der Waals surface area contributed by atoms with Crippen molar-refractivity contribution in [3.63, 3.8) is 0 Å². The summed E-state index contributed by atoms with van der Waals surface area (Å²) in [6.07, 6.45) is -0.845. The van der Waals surface area contributed by atoms with Gasteiger partial charge in [-0.1, -0.05) is 254 Å². The number of esters is 1. The highest BCUT2D eigenvalue weighted by atomic mass is 32.2. The highest BCUT2D eigenvalue weighted by molar-refractivity contribution is 8.00. The van der Waals surface area contributed by atoms with Crippen LogP contribution in [0.3, 0.4) is 0 Å². The molecule has 1 saturated heterocycles. The minimum atomic E-state index is -1.40. The maximum atomic E-state index is 15.6. The molecule has 2 aliphatic heterocycles. The van der Waals surface area contributed by atoms with Crippen LogP contribution < -0.4 is 15.4 Å². The predicted octanol–water partition coefficient (Wildman–Crippen LogP) is 13.5. The molecule has 84 heavy (non-hydrogen) atoms. The highest BCUT2D eigenvalue weighted by Gasteiger charge is 2.55. The van der Waals surface area contributed by atoms with E-state index in [1.54, 1.807) is 11.4 Å². The van der Waals surface area contributed by atoms with E-state index in [1.165, 1.54) is 46.2 Å². The maximum Gasteiger partial charge on any atom is 0.356 e. The molecule has 9 aromatic carbocycles. The Labute approximate surface area is 494 Å². The molecule has 1 fully saturated rings. The standard InChI is InChI=1S/C70H54FN5O6S2/c71-57-42-25-43-58(44-57)80-45-50-46-83-66-61(65(78)76(66)62(50)67(79)81-63(48-26-9-1-10-27-48)49-28-11-2-12-29-49)73-64(77)60(75-82-70(54-36-19-6-20-37-54,55-38-21-7-22-39-55)56-40-23-8-24-41-56)59-47-84-68(72-59)74-69(51-30-13-3-14-31-51,52-32-15-4-16-33-52)53-34-17-5-18-35-53/h1-44,47,61,63,66H,45-46H2,(H,72,74)(H,73,77)/b75-60+/t61?,66-/m1/s1. The lowest BCUT2D eigenvalue weighted by Gasteiger charge is -2.49. The van der Waals surface area contributed by atoms with Gasteiger partial charge in [-0.05, 0) is 39.9 Å². The number of carbonyl (C=O) groups excluding carboxylic acids is 3. The molecule has 2 aliphatic rings. The van der Waals surface area contributed by atoms with E-state index in [4.69, 9.17) is 24.5 Å². The Morgan fingerprint density at radius 2 is 1.08 bits per heavy atom. The van der Waals surface area contributed by atoms with Gasteiger partial charge in [0.05, 0.1) is 0 Å². The molecule has 11 nitrogen and oxygen atoms in total. The third-order valence-electron chi connectivity index (χ3n) is 14.9. The first-order valence-corrected chi connectivity index (χ1v) is 29.2. The Hall–Kier alpha value is -9.89. The molecule has 2 amide bonds. The van der Waals surface area contributed by atoms with Gasteiger partial charge in [-0.2, -0.15) is 0 Å². The average molecular weight is 1140 g/mol. The first kappa shape index (κ1) is 54.7. The second kappa shape index (κ2) is 24.7. The zero-order chi connectivity index (χ0) is 57.3. The van der Waals surface area contributed by atoms with Gasteiger partial charge in [0.2, 0.25) is 5.60 Å². The SMILES string of the molecule is O=C(OC(c1ccccc1)c1ccccc1)C1=C(COc2cccc(F)c2)CS[C@@H]2C(NC(=O)/C(=N/OC(c3ccccc3)(c3ccccc3)c3ccccc3)c3csc(NC(c4ccccc4)(c4ccccc4)c4ccccc4)n3)C(=O)N12. The Kier molecular flexibility index (Phi) is 16.1. The molecule has 2 atom stereocenters. The lowest BCUT2D eigenvalue weighted by molar-refractivity contribution is -0.154. The zero-order valence-corrected chi connectivity index (χ0v) is 46.7. The molecule has 0 spiro atoms. The van der Waals surface area contributed by atoms with E-state index in [1.807, 2.05) is 206 Å². The number of benzene rings is 9. The van der Waals surface area contributed by atoms with Crippen LogP contribution in [0, 0.1) is 5.82 Å². The summed E-state index contributed by atoms with van der Waals surface area (Å²) in [5.41, 5.74) is 4.48. The smallest absolute Gasteiger partial charge is 0.356 e.